The van der Waals surface area contributed by atoms with E-state index >= 15 is 0 Å². The molecule has 0 spiro atoms. The third-order valence-electron chi connectivity index (χ3n) is 5.74. The van der Waals surface area contributed by atoms with Crippen LogP contribution in [-0.4, -0.2) is 43.3 Å². The van der Waals surface area contributed by atoms with Crippen molar-refractivity contribution in [1.82, 2.24) is 9.21 Å². The summed E-state index contributed by atoms with van der Waals surface area (Å²) in [5, 5.41) is 0. The van der Waals surface area contributed by atoms with E-state index in [2.05, 4.69) is 13.8 Å². The van der Waals surface area contributed by atoms with Crippen molar-refractivity contribution in [2.75, 3.05) is 13.6 Å². The van der Waals surface area contributed by atoms with Gasteiger partial charge < -0.3 is 4.90 Å². The Labute approximate surface area is 177 Å². The lowest BCUT2D eigenvalue weighted by Crippen LogP contribution is -2.49. The molecule has 0 radical (unpaired) electrons. The third-order valence-corrected chi connectivity index (χ3v) is 7.68. The molecule has 0 N–H and O–H groups in total. The number of nitrogens with zero attached hydrogens (tertiary/aromatic N) is 2. The van der Waals surface area contributed by atoms with Gasteiger partial charge in [0.2, 0.25) is 15.9 Å². The molecule has 1 fully saturated rings. The van der Waals surface area contributed by atoms with Crippen LogP contribution in [-0.2, 0) is 14.8 Å². The summed E-state index contributed by atoms with van der Waals surface area (Å²) in [4.78, 5) is 14.5. The number of hydrogen-bond acceptors (Lipinski definition) is 3. The van der Waals surface area contributed by atoms with Crippen molar-refractivity contribution in [2.45, 2.75) is 91.1 Å². The highest BCUT2D eigenvalue weighted by Gasteiger charge is 2.49. The minimum absolute atomic E-state index is 0.0556. The van der Waals surface area contributed by atoms with Crippen LogP contribution in [0.25, 0.3) is 0 Å². The molecule has 0 bridgehead atoms. The van der Waals surface area contributed by atoms with Crippen LogP contribution in [0.15, 0.2) is 17.0 Å². The second-order valence-corrected chi connectivity index (χ2v) is 12.1. The first kappa shape index (κ1) is 23.9. The van der Waals surface area contributed by atoms with Gasteiger partial charge in [-0.25, -0.2) is 8.42 Å². The maximum Gasteiger partial charge on any atom is 0.245 e. The van der Waals surface area contributed by atoms with E-state index in [9.17, 15) is 13.2 Å². The molecule has 1 amide bonds. The molecule has 164 valence electrons. The van der Waals surface area contributed by atoms with E-state index in [1.165, 1.54) is 4.31 Å². The van der Waals surface area contributed by atoms with Gasteiger partial charge in [0.25, 0.3) is 0 Å². The highest BCUT2D eigenvalue weighted by Crippen LogP contribution is 2.40. The number of benzene rings is 1. The van der Waals surface area contributed by atoms with Gasteiger partial charge in [0.05, 0.1) is 11.4 Å². The molecular formula is C23H38N2O3S. The lowest BCUT2D eigenvalue weighted by molar-refractivity contribution is -0.127. The van der Waals surface area contributed by atoms with Gasteiger partial charge in [0.1, 0.15) is 6.17 Å². The van der Waals surface area contributed by atoms with Crippen molar-refractivity contribution in [2.24, 2.45) is 5.41 Å². The molecule has 0 aromatic heterocycles. The number of carbonyl (C=O) groups excluding carboxylic acids is 1. The molecule has 1 heterocycles. The van der Waals surface area contributed by atoms with Gasteiger partial charge in [-0.2, -0.15) is 4.31 Å². The zero-order chi connectivity index (χ0) is 22.5. The number of carbonyl (C=O) groups is 1. The van der Waals surface area contributed by atoms with Crippen LogP contribution in [0, 0.1) is 5.41 Å². The van der Waals surface area contributed by atoms with Crippen LogP contribution >= 0.6 is 0 Å². The Balaban J connectivity index is 2.82. The number of sulfonamides is 1. The van der Waals surface area contributed by atoms with E-state index in [0.717, 1.165) is 16.7 Å². The largest absolute Gasteiger partial charge is 0.327 e. The van der Waals surface area contributed by atoms with Crippen LogP contribution < -0.4 is 0 Å². The minimum atomic E-state index is -3.86. The van der Waals surface area contributed by atoms with E-state index in [1.54, 1.807) is 11.9 Å². The monoisotopic (exact) mass is 422 g/mol. The van der Waals surface area contributed by atoms with E-state index in [0.29, 0.717) is 10.8 Å². The summed E-state index contributed by atoms with van der Waals surface area (Å²) >= 11 is 0. The fourth-order valence-corrected chi connectivity index (χ4v) is 6.62. The van der Waals surface area contributed by atoms with Crippen LogP contribution in [0.4, 0.5) is 0 Å². The molecule has 1 aliphatic rings. The second kappa shape index (κ2) is 8.03. The normalized spacial score (nSPS) is 19.3. The highest BCUT2D eigenvalue weighted by molar-refractivity contribution is 7.89. The maximum atomic E-state index is 14.1. The van der Waals surface area contributed by atoms with Gasteiger partial charge in [-0.1, -0.05) is 74.4 Å². The molecule has 1 aromatic carbocycles. The average molecular weight is 423 g/mol. The predicted molar refractivity (Wildman–Crippen MR) is 119 cm³/mol. The molecule has 0 saturated carbocycles. The Morgan fingerprint density at radius 1 is 0.931 bits per heavy atom. The van der Waals surface area contributed by atoms with Crippen LogP contribution in [0.5, 0.6) is 0 Å². The van der Waals surface area contributed by atoms with Gasteiger partial charge in [-0.05, 0) is 39.9 Å². The minimum Gasteiger partial charge on any atom is -0.327 e. The van der Waals surface area contributed by atoms with Gasteiger partial charge in [0, 0.05) is 7.05 Å². The summed E-state index contributed by atoms with van der Waals surface area (Å²) < 4.78 is 29.5. The van der Waals surface area contributed by atoms with Gasteiger partial charge in [-0.3, -0.25) is 4.79 Å². The predicted octanol–water partition coefficient (Wildman–Crippen LogP) is 4.89. The fourth-order valence-electron chi connectivity index (χ4n) is 4.19. The highest BCUT2D eigenvalue weighted by atomic mass is 32.2. The Hall–Kier alpha value is -1.40. The molecule has 1 unspecified atom stereocenters. The van der Waals surface area contributed by atoms with Gasteiger partial charge in [0.15, 0.2) is 0 Å². The number of rotatable bonds is 5. The SMILES string of the molecule is CC(C)c1cc(C(C)C)c(S(=O)(=O)N2CC(=O)N(C)C2C(C)(C)C)c(C(C)C)c1. The summed E-state index contributed by atoms with van der Waals surface area (Å²) in [7, 11) is -2.16. The van der Waals surface area contributed by atoms with Crippen molar-refractivity contribution in [3.63, 3.8) is 0 Å². The van der Waals surface area contributed by atoms with Crippen molar-refractivity contribution >= 4 is 15.9 Å². The van der Waals surface area contributed by atoms with Gasteiger partial charge >= 0.3 is 0 Å². The Bertz CT molecular complexity index is 851. The fraction of sp³-hybridized carbons (Fsp3) is 0.696. The Morgan fingerprint density at radius 2 is 1.38 bits per heavy atom. The smallest absolute Gasteiger partial charge is 0.245 e. The Morgan fingerprint density at radius 3 is 1.72 bits per heavy atom. The van der Waals surface area contributed by atoms with Crippen LogP contribution in [0.2, 0.25) is 0 Å². The molecule has 2 rings (SSSR count). The van der Waals surface area contributed by atoms with Crippen molar-refractivity contribution < 1.29 is 13.2 Å². The molecular weight excluding hydrogens is 384 g/mol. The summed E-state index contributed by atoms with van der Waals surface area (Å²) in [5.41, 5.74) is 2.43. The second-order valence-electron chi connectivity index (χ2n) is 10.3. The maximum absolute atomic E-state index is 14.1. The first-order valence-corrected chi connectivity index (χ1v) is 12.0. The lowest BCUT2D eigenvalue weighted by atomic mass is 9.89. The summed E-state index contributed by atoms with van der Waals surface area (Å²) in [6, 6.07) is 4.09. The molecule has 0 aliphatic carbocycles. The van der Waals surface area contributed by atoms with Crippen molar-refractivity contribution in [3.8, 4) is 0 Å². The van der Waals surface area contributed by atoms with E-state index in [-0.39, 0.29) is 24.3 Å². The molecule has 1 aromatic rings. The number of likely N-dealkylation sites (N-methyl/N-ethyl adjacent to an activating group) is 1. The first-order chi connectivity index (χ1) is 13.1. The third kappa shape index (κ3) is 4.38. The molecule has 1 atom stereocenters. The lowest BCUT2D eigenvalue weighted by Gasteiger charge is -2.38. The number of amides is 1. The topological polar surface area (TPSA) is 57.7 Å². The summed E-state index contributed by atoms with van der Waals surface area (Å²) in [6.45, 7) is 18.2. The molecule has 5 nitrogen and oxygen atoms in total. The van der Waals surface area contributed by atoms with E-state index in [4.69, 9.17) is 0 Å². The zero-order valence-corrected chi connectivity index (χ0v) is 20.5. The van der Waals surface area contributed by atoms with Gasteiger partial charge in [-0.15, -0.1) is 0 Å². The first-order valence-electron chi connectivity index (χ1n) is 10.6. The van der Waals surface area contributed by atoms with E-state index in [1.807, 2.05) is 60.6 Å². The zero-order valence-electron chi connectivity index (χ0n) is 19.7. The van der Waals surface area contributed by atoms with Crippen LogP contribution in [0.1, 0.15) is 96.8 Å². The molecule has 1 saturated heterocycles. The van der Waals surface area contributed by atoms with Crippen LogP contribution in [0.3, 0.4) is 0 Å². The summed E-state index contributed by atoms with van der Waals surface area (Å²) in [6.07, 6.45) is -0.509. The Kier molecular flexibility index (Phi) is 6.61. The van der Waals surface area contributed by atoms with Crippen molar-refractivity contribution in [3.05, 3.63) is 28.8 Å². The quantitative estimate of drug-likeness (QED) is 0.679. The van der Waals surface area contributed by atoms with E-state index < -0.39 is 21.6 Å². The average Bonchev–Trinajstić information content (AvgIpc) is 2.89. The molecule has 29 heavy (non-hydrogen) atoms. The molecule has 6 heteroatoms. The standard InChI is InChI=1S/C23H38N2O3S/c1-14(2)17-11-18(15(3)4)21(19(12-17)16(5)6)29(27,28)25-13-20(26)24(10)22(25)23(7,8)9/h11-12,14-16,22H,13H2,1-10H3. The summed E-state index contributed by atoms with van der Waals surface area (Å²) in [5.74, 6) is 0.258. The number of hydrogen-bond donors (Lipinski definition) is 0. The molecule has 1 aliphatic heterocycles. The van der Waals surface area contributed by atoms with Crippen molar-refractivity contribution in [1.29, 1.82) is 0 Å².